The molecule has 2 aromatic heterocycles. The Kier molecular flexibility index (Phi) is 7.87. The molecule has 0 radical (unpaired) electrons. The van der Waals surface area contributed by atoms with E-state index in [4.69, 9.17) is 9.84 Å². The number of ether oxygens (including phenoxy) is 1. The first-order chi connectivity index (χ1) is 16.0. The summed E-state index contributed by atoms with van der Waals surface area (Å²) in [5.41, 5.74) is 3.45. The Balaban J connectivity index is 0.000000540. The van der Waals surface area contributed by atoms with E-state index in [1.165, 1.54) is 16.8 Å². The standard InChI is InChI=1S/C19H19N5O4.F6P/c1-13-6-7-20-15(8-13)9-21-18(25)12-28-11-16-10-24(23-22-16)17-4-2-14(3-5-17)19(26)27;1-7(2,3,4,5)6/h2-8,10H,9,11-12H2,1H3,(H,21,25)(H,26,27);/q;-1/p+1. The number of aryl methyl sites for hydroxylation is 1. The second kappa shape index (κ2) is 9.96. The summed E-state index contributed by atoms with van der Waals surface area (Å²) in [5.74, 6) is -1.22. The van der Waals surface area contributed by atoms with Crippen molar-refractivity contribution in [2.45, 2.75) is 20.1 Å². The van der Waals surface area contributed by atoms with Crippen molar-refractivity contribution in [1.82, 2.24) is 20.3 Å². The minimum atomic E-state index is -10.7. The Morgan fingerprint density at radius 2 is 1.74 bits per heavy atom. The predicted octanol–water partition coefficient (Wildman–Crippen LogP) is 4.30. The van der Waals surface area contributed by atoms with E-state index >= 15 is 0 Å². The van der Waals surface area contributed by atoms with Crippen LogP contribution in [0.25, 0.3) is 5.69 Å². The summed E-state index contributed by atoms with van der Waals surface area (Å²) in [6.45, 7) is 2.42. The van der Waals surface area contributed by atoms with Crippen LogP contribution < -0.4 is 10.3 Å². The van der Waals surface area contributed by atoms with Crippen LogP contribution in [0, 0.1) is 6.92 Å². The van der Waals surface area contributed by atoms with Gasteiger partial charge in [0.1, 0.15) is 18.8 Å². The summed E-state index contributed by atoms with van der Waals surface area (Å²) >= 11 is 0. The van der Waals surface area contributed by atoms with Crippen LogP contribution in [-0.2, 0) is 22.7 Å². The van der Waals surface area contributed by atoms with Gasteiger partial charge in [-0.1, -0.05) is 5.21 Å². The summed E-state index contributed by atoms with van der Waals surface area (Å²) in [4.78, 5) is 25.8. The fourth-order valence-electron chi connectivity index (χ4n) is 2.49. The molecule has 0 unspecified atom stereocenters. The summed E-state index contributed by atoms with van der Waals surface area (Å²) in [6.07, 6.45) is 3.49. The number of H-pyrrole nitrogens is 1. The Morgan fingerprint density at radius 3 is 2.31 bits per heavy atom. The van der Waals surface area contributed by atoms with Gasteiger partial charge >= 0.3 is 39.0 Å². The zero-order valence-corrected chi connectivity index (χ0v) is 18.9. The van der Waals surface area contributed by atoms with Gasteiger partial charge in [-0.2, -0.15) is 0 Å². The summed E-state index contributed by atoms with van der Waals surface area (Å²) in [6, 6.07) is 10.2. The van der Waals surface area contributed by atoms with Gasteiger partial charge in [0, 0.05) is 12.1 Å². The van der Waals surface area contributed by atoms with Crippen LogP contribution in [0.2, 0.25) is 0 Å². The van der Waals surface area contributed by atoms with Gasteiger partial charge in [-0.3, -0.25) is 4.79 Å². The first kappa shape index (κ1) is 27.7. The maximum absolute atomic E-state index is 11.9. The SMILES string of the molecule is Cc1cc[nH+]c(CNC(=O)COCc2cn(-c3ccc(C(=O)O)cc3)nn2)c1.F[P-](F)(F)(F)(F)F. The average molecular weight is 527 g/mol. The first-order valence-corrected chi connectivity index (χ1v) is 11.6. The number of carbonyl (C=O) groups is 2. The minimum absolute atomic E-state index is 0.0913. The topological polar surface area (TPSA) is 120 Å². The van der Waals surface area contributed by atoms with E-state index in [0.717, 1.165) is 11.3 Å². The van der Waals surface area contributed by atoms with Crippen molar-refractivity contribution < 1.29 is 49.6 Å². The third-order valence-electron chi connectivity index (χ3n) is 3.90. The van der Waals surface area contributed by atoms with Gasteiger partial charge in [-0.15, -0.1) is 5.10 Å². The Labute approximate surface area is 194 Å². The van der Waals surface area contributed by atoms with Crippen LogP contribution in [0.3, 0.4) is 0 Å². The molecule has 0 saturated carbocycles. The number of aromatic nitrogens is 4. The molecule has 0 fully saturated rings. The third kappa shape index (κ3) is 12.5. The van der Waals surface area contributed by atoms with E-state index in [2.05, 4.69) is 20.6 Å². The molecular weight excluding hydrogens is 507 g/mol. The maximum atomic E-state index is 11.9. The Bertz CT molecular complexity index is 1180. The van der Waals surface area contributed by atoms with Crippen molar-refractivity contribution in [1.29, 1.82) is 0 Å². The van der Waals surface area contributed by atoms with Gasteiger partial charge in [-0.25, -0.2) is 14.5 Å². The molecule has 192 valence electrons. The van der Waals surface area contributed by atoms with Gasteiger partial charge < -0.3 is 15.2 Å². The average Bonchev–Trinajstić information content (AvgIpc) is 3.19. The quantitative estimate of drug-likeness (QED) is 0.333. The predicted molar refractivity (Wildman–Crippen MR) is 111 cm³/mol. The van der Waals surface area contributed by atoms with E-state index in [0.29, 0.717) is 17.9 Å². The number of rotatable bonds is 8. The van der Waals surface area contributed by atoms with Gasteiger partial charge in [0.15, 0.2) is 11.9 Å². The molecule has 35 heavy (non-hydrogen) atoms. The Hall–Kier alpha value is -3.58. The van der Waals surface area contributed by atoms with Crippen molar-refractivity contribution in [3.8, 4) is 5.69 Å². The molecule has 0 bridgehead atoms. The molecule has 0 atom stereocenters. The molecule has 3 aromatic rings. The van der Waals surface area contributed by atoms with Crippen LogP contribution >= 0.6 is 7.81 Å². The van der Waals surface area contributed by atoms with E-state index in [-0.39, 0.29) is 24.7 Å². The number of benzene rings is 1. The van der Waals surface area contributed by atoms with Gasteiger partial charge in [0.05, 0.1) is 24.1 Å². The molecule has 1 aromatic carbocycles. The number of carboxylic acid groups (broad SMARTS) is 1. The monoisotopic (exact) mass is 527 g/mol. The van der Waals surface area contributed by atoms with Crippen LogP contribution in [0.15, 0.2) is 48.8 Å². The number of nitrogens with one attached hydrogen (secondary N) is 2. The molecule has 3 N–H and O–H groups in total. The fourth-order valence-corrected chi connectivity index (χ4v) is 2.49. The second-order valence-electron chi connectivity index (χ2n) is 7.13. The van der Waals surface area contributed by atoms with E-state index in [1.54, 1.807) is 18.3 Å². The van der Waals surface area contributed by atoms with Crippen molar-refractivity contribution in [3.63, 3.8) is 0 Å². The molecule has 16 heteroatoms. The number of aromatic carboxylic acids is 1. The van der Waals surface area contributed by atoms with Crippen LogP contribution in [0.1, 0.15) is 27.3 Å². The number of carboxylic acids is 1. The summed E-state index contributed by atoms with van der Waals surface area (Å²) in [7, 11) is -10.7. The van der Waals surface area contributed by atoms with E-state index in [1.807, 2.05) is 25.3 Å². The number of carbonyl (C=O) groups excluding carboxylic acids is 1. The van der Waals surface area contributed by atoms with E-state index < -0.39 is 13.8 Å². The van der Waals surface area contributed by atoms with Crippen molar-refractivity contribution in [3.05, 3.63) is 71.3 Å². The number of aromatic amines is 1. The molecule has 1 amide bonds. The number of amides is 1. The van der Waals surface area contributed by atoms with Gasteiger partial charge in [-0.05, 0) is 36.8 Å². The molecule has 3 rings (SSSR count). The molecule has 9 nitrogen and oxygen atoms in total. The molecule has 0 aliphatic heterocycles. The first-order valence-electron chi connectivity index (χ1n) is 9.59. The number of hydrogen-bond donors (Lipinski definition) is 2. The number of halogens is 6. The zero-order valence-electron chi connectivity index (χ0n) is 18.0. The molecule has 2 heterocycles. The second-order valence-corrected chi connectivity index (χ2v) is 9.04. The summed E-state index contributed by atoms with van der Waals surface area (Å²) in [5, 5.41) is 19.7. The Morgan fingerprint density at radius 1 is 1.11 bits per heavy atom. The van der Waals surface area contributed by atoms with Gasteiger partial charge in [0.2, 0.25) is 5.91 Å². The molecule has 0 aliphatic carbocycles. The number of pyridine rings is 1. The van der Waals surface area contributed by atoms with Gasteiger partial charge in [0.25, 0.3) is 0 Å². The fraction of sp³-hybridized carbons (Fsp3) is 0.211. The van der Waals surface area contributed by atoms with Crippen LogP contribution in [0.4, 0.5) is 25.2 Å². The normalized spacial score (nSPS) is 13.1. The van der Waals surface area contributed by atoms with Crippen molar-refractivity contribution in [2.75, 3.05) is 6.61 Å². The van der Waals surface area contributed by atoms with Crippen LogP contribution in [-0.4, -0.2) is 38.6 Å². The van der Waals surface area contributed by atoms with Crippen LogP contribution in [0.5, 0.6) is 0 Å². The van der Waals surface area contributed by atoms with Crippen molar-refractivity contribution >= 4 is 19.7 Å². The molecule has 0 aliphatic rings. The molecular formula is C19H20F6N5O4P. The van der Waals surface area contributed by atoms with E-state index in [9.17, 15) is 34.8 Å². The molecule has 0 spiro atoms. The third-order valence-corrected chi connectivity index (χ3v) is 3.90. The number of hydrogen-bond acceptors (Lipinski definition) is 5. The zero-order chi connectivity index (χ0) is 26.3. The molecule has 0 saturated heterocycles. The van der Waals surface area contributed by atoms with Crippen molar-refractivity contribution in [2.24, 2.45) is 0 Å². The summed E-state index contributed by atoms with van der Waals surface area (Å²) < 4.78 is 66.1. The number of nitrogens with zero attached hydrogens (tertiary/aromatic N) is 3.